The van der Waals surface area contributed by atoms with Crippen LogP contribution in [0.1, 0.15) is 24.0 Å². The van der Waals surface area contributed by atoms with E-state index in [1.165, 1.54) is 11.6 Å². The van der Waals surface area contributed by atoms with E-state index in [1.807, 2.05) is 53.3 Å². The van der Waals surface area contributed by atoms with Gasteiger partial charge in [0.05, 0.1) is 18.8 Å². The number of hydrogen-bond acceptors (Lipinski definition) is 4. The molecule has 35 heavy (non-hydrogen) atoms. The molecule has 1 heterocycles. The molecule has 0 atom stereocenters. The molecule has 1 aliphatic carbocycles. The van der Waals surface area contributed by atoms with E-state index < -0.39 is 6.61 Å². The van der Waals surface area contributed by atoms with Crippen LogP contribution in [0.4, 0.5) is 14.5 Å². The van der Waals surface area contributed by atoms with Gasteiger partial charge in [-0.25, -0.2) is 0 Å². The van der Waals surface area contributed by atoms with Crippen molar-refractivity contribution in [1.82, 2.24) is 9.78 Å². The van der Waals surface area contributed by atoms with E-state index in [2.05, 4.69) is 28.3 Å². The Hall–Kier alpha value is -3.87. The molecule has 3 aromatic carbocycles. The number of rotatable bonds is 11. The van der Waals surface area contributed by atoms with Crippen LogP contribution < -0.4 is 14.8 Å². The summed E-state index contributed by atoms with van der Waals surface area (Å²) in [5.41, 5.74) is 5.00. The van der Waals surface area contributed by atoms with Crippen LogP contribution in [0.25, 0.3) is 11.3 Å². The standard InChI is InChI=1S/C28H27F2N3O2/c29-28(30)35-26-12-11-22(15-27(26)34-19-21-9-10-21)18-33-14-13-25(32-33)23-7-4-8-24(16-23)31-17-20-5-2-1-3-6-20/h1-8,11-16,21,28,31H,9-10,17-19H2. The molecule has 1 saturated carbocycles. The second-order valence-corrected chi connectivity index (χ2v) is 8.73. The highest BCUT2D eigenvalue weighted by Gasteiger charge is 2.23. The molecule has 5 nitrogen and oxygen atoms in total. The Morgan fingerprint density at radius 2 is 1.77 bits per heavy atom. The van der Waals surface area contributed by atoms with Crippen LogP contribution in [0.15, 0.2) is 85.1 Å². The van der Waals surface area contributed by atoms with Gasteiger partial charge in [-0.3, -0.25) is 4.68 Å². The lowest BCUT2D eigenvalue weighted by Gasteiger charge is -2.13. The van der Waals surface area contributed by atoms with Gasteiger partial charge in [-0.1, -0.05) is 48.5 Å². The van der Waals surface area contributed by atoms with Crippen LogP contribution in [0, 0.1) is 5.92 Å². The van der Waals surface area contributed by atoms with Crippen LogP contribution in [0.3, 0.4) is 0 Å². The number of hydrogen-bond donors (Lipinski definition) is 1. The summed E-state index contributed by atoms with van der Waals surface area (Å²) >= 11 is 0. The molecule has 1 fully saturated rings. The summed E-state index contributed by atoms with van der Waals surface area (Å²) in [6.07, 6.45) is 4.14. The first-order valence-electron chi connectivity index (χ1n) is 11.7. The Morgan fingerprint density at radius 3 is 2.57 bits per heavy atom. The van der Waals surface area contributed by atoms with Crippen molar-refractivity contribution in [2.24, 2.45) is 5.92 Å². The van der Waals surface area contributed by atoms with Gasteiger partial charge in [0, 0.05) is 24.0 Å². The molecular formula is C28H27F2N3O2. The summed E-state index contributed by atoms with van der Waals surface area (Å²) in [4.78, 5) is 0. The highest BCUT2D eigenvalue weighted by atomic mass is 19.3. The zero-order valence-electron chi connectivity index (χ0n) is 19.2. The topological polar surface area (TPSA) is 48.3 Å². The Bertz CT molecular complexity index is 1260. The van der Waals surface area contributed by atoms with Crippen LogP contribution in [0.2, 0.25) is 0 Å². The van der Waals surface area contributed by atoms with Crippen LogP contribution >= 0.6 is 0 Å². The van der Waals surface area contributed by atoms with Crippen molar-refractivity contribution >= 4 is 5.69 Å². The van der Waals surface area contributed by atoms with E-state index in [9.17, 15) is 8.78 Å². The first-order chi connectivity index (χ1) is 17.1. The van der Waals surface area contributed by atoms with E-state index in [-0.39, 0.29) is 5.75 Å². The summed E-state index contributed by atoms with van der Waals surface area (Å²) in [7, 11) is 0. The Balaban J connectivity index is 1.26. The monoisotopic (exact) mass is 475 g/mol. The van der Waals surface area contributed by atoms with Gasteiger partial charge in [0.15, 0.2) is 11.5 Å². The van der Waals surface area contributed by atoms with Gasteiger partial charge in [-0.2, -0.15) is 13.9 Å². The Kier molecular flexibility index (Phi) is 6.93. The number of ether oxygens (including phenoxy) is 2. The molecule has 0 spiro atoms. The van der Waals surface area contributed by atoms with Crippen LogP contribution in [-0.2, 0) is 13.1 Å². The van der Waals surface area contributed by atoms with Crippen molar-refractivity contribution in [3.05, 3.63) is 96.2 Å². The van der Waals surface area contributed by atoms with Crippen LogP contribution in [-0.4, -0.2) is 23.0 Å². The molecular weight excluding hydrogens is 448 g/mol. The SMILES string of the molecule is FC(F)Oc1ccc(Cn2ccc(-c3cccc(NCc4ccccc4)c3)n2)cc1OCC1CC1. The number of halogens is 2. The maximum atomic E-state index is 12.8. The average Bonchev–Trinajstić information content (AvgIpc) is 3.59. The fraction of sp³-hybridized carbons (Fsp3) is 0.250. The molecule has 0 amide bonds. The first-order valence-corrected chi connectivity index (χ1v) is 11.7. The van der Waals surface area contributed by atoms with Gasteiger partial charge < -0.3 is 14.8 Å². The average molecular weight is 476 g/mol. The Morgan fingerprint density at radius 1 is 0.914 bits per heavy atom. The molecule has 0 bridgehead atoms. The van der Waals surface area contributed by atoms with Gasteiger partial charge in [-0.05, 0) is 60.2 Å². The molecule has 0 aliphatic heterocycles. The fourth-order valence-electron chi connectivity index (χ4n) is 3.83. The zero-order chi connectivity index (χ0) is 24.0. The molecule has 180 valence electrons. The number of anilines is 1. The normalized spacial score (nSPS) is 13.1. The fourth-order valence-corrected chi connectivity index (χ4v) is 3.83. The third-order valence-electron chi connectivity index (χ3n) is 5.88. The van der Waals surface area contributed by atoms with Crippen molar-refractivity contribution in [2.45, 2.75) is 32.5 Å². The molecule has 1 aliphatic rings. The minimum absolute atomic E-state index is 0.0605. The van der Waals surface area contributed by atoms with Gasteiger partial charge in [-0.15, -0.1) is 0 Å². The van der Waals surface area contributed by atoms with E-state index in [4.69, 9.17) is 9.84 Å². The highest BCUT2D eigenvalue weighted by molar-refractivity contribution is 5.64. The first kappa shape index (κ1) is 22.9. The smallest absolute Gasteiger partial charge is 0.387 e. The van der Waals surface area contributed by atoms with E-state index in [1.54, 1.807) is 12.1 Å². The zero-order valence-corrected chi connectivity index (χ0v) is 19.2. The second-order valence-electron chi connectivity index (χ2n) is 8.73. The lowest BCUT2D eigenvalue weighted by Crippen LogP contribution is -2.07. The third kappa shape index (κ3) is 6.38. The maximum absolute atomic E-state index is 12.8. The van der Waals surface area contributed by atoms with Crippen molar-refractivity contribution in [1.29, 1.82) is 0 Å². The number of alkyl halides is 2. The van der Waals surface area contributed by atoms with Crippen molar-refractivity contribution < 1.29 is 18.3 Å². The predicted octanol–water partition coefficient (Wildman–Crippen LogP) is 6.60. The van der Waals surface area contributed by atoms with Crippen molar-refractivity contribution in [3.8, 4) is 22.8 Å². The minimum Gasteiger partial charge on any atom is -0.489 e. The molecule has 1 N–H and O–H groups in total. The number of nitrogens with one attached hydrogen (secondary N) is 1. The lowest BCUT2D eigenvalue weighted by atomic mass is 10.1. The van der Waals surface area contributed by atoms with E-state index >= 15 is 0 Å². The minimum atomic E-state index is -2.89. The van der Waals surface area contributed by atoms with Gasteiger partial charge >= 0.3 is 6.61 Å². The highest BCUT2D eigenvalue weighted by Crippen LogP contribution is 2.34. The van der Waals surface area contributed by atoms with Gasteiger partial charge in [0.2, 0.25) is 0 Å². The molecule has 0 radical (unpaired) electrons. The predicted molar refractivity (Wildman–Crippen MR) is 132 cm³/mol. The van der Waals surface area contributed by atoms with Crippen molar-refractivity contribution in [3.63, 3.8) is 0 Å². The van der Waals surface area contributed by atoms with Crippen LogP contribution in [0.5, 0.6) is 11.5 Å². The molecule has 0 unspecified atom stereocenters. The number of nitrogens with zero attached hydrogens (tertiary/aromatic N) is 2. The summed E-state index contributed by atoms with van der Waals surface area (Å²) in [6.45, 7) is -1.14. The third-order valence-corrected chi connectivity index (χ3v) is 5.88. The van der Waals surface area contributed by atoms with Crippen molar-refractivity contribution in [2.75, 3.05) is 11.9 Å². The summed E-state index contributed by atoms with van der Waals surface area (Å²) < 4.78 is 37.8. The molecule has 5 rings (SSSR count). The molecule has 4 aromatic rings. The number of aromatic nitrogens is 2. The summed E-state index contributed by atoms with van der Waals surface area (Å²) in [5, 5.41) is 8.17. The number of benzene rings is 3. The maximum Gasteiger partial charge on any atom is 0.387 e. The largest absolute Gasteiger partial charge is 0.489 e. The second kappa shape index (κ2) is 10.6. The summed E-state index contributed by atoms with van der Waals surface area (Å²) in [6, 6.07) is 25.4. The molecule has 1 aromatic heterocycles. The Labute approximate surface area is 203 Å². The van der Waals surface area contributed by atoms with Gasteiger partial charge in [0.1, 0.15) is 0 Å². The van der Waals surface area contributed by atoms with E-state index in [0.717, 1.165) is 41.9 Å². The summed E-state index contributed by atoms with van der Waals surface area (Å²) in [5.74, 6) is 0.911. The molecule has 0 saturated heterocycles. The van der Waals surface area contributed by atoms with Gasteiger partial charge in [0.25, 0.3) is 0 Å². The lowest BCUT2D eigenvalue weighted by molar-refractivity contribution is -0.0515. The van der Waals surface area contributed by atoms with E-state index in [0.29, 0.717) is 24.8 Å². The molecule has 7 heteroatoms. The quantitative estimate of drug-likeness (QED) is 0.266.